The lowest BCUT2D eigenvalue weighted by molar-refractivity contribution is -0.144. The number of nitrogens with zero attached hydrogens (tertiary/aromatic N) is 7. The van der Waals surface area contributed by atoms with Crippen molar-refractivity contribution in [1.82, 2.24) is 29.4 Å². The van der Waals surface area contributed by atoms with Crippen molar-refractivity contribution in [1.29, 1.82) is 0 Å². The molecule has 4 heterocycles. The summed E-state index contributed by atoms with van der Waals surface area (Å²) in [6.07, 6.45) is -1.25. The molecule has 0 amide bonds. The van der Waals surface area contributed by atoms with Crippen molar-refractivity contribution < 1.29 is 18.3 Å². The van der Waals surface area contributed by atoms with E-state index in [-0.39, 0.29) is 18.3 Å². The lowest BCUT2D eigenvalue weighted by Gasteiger charge is -2.33. The number of piperidine rings is 1. The number of rotatable bonds is 4. The van der Waals surface area contributed by atoms with Gasteiger partial charge in [0.25, 0.3) is 11.6 Å². The van der Waals surface area contributed by atoms with Gasteiger partial charge in [-0.3, -0.25) is 4.68 Å². The number of hydrogen-bond acceptors (Lipinski definition) is 6. The molecule has 0 unspecified atom stereocenters. The molecule has 28 heavy (non-hydrogen) atoms. The van der Waals surface area contributed by atoms with Crippen molar-refractivity contribution in [3.8, 4) is 0 Å². The van der Waals surface area contributed by atoms with Gasteiger partial charge in [0.1, 0.15) is 5.82 Å². The van der Waals surface area contributed by atoms with Crippen LogP contribution < -0.4 is 4.90 Å². The topological polar surface area (TPSA) is 84.4 Å². The SMILES string of the molecule is Cc1cc(N2CCC(c3ccnn3CCO)CC2)n2nc(C(F)(F)F)nc2n1. The number of hydrogen-bond donors (Lipinski definition) is 1. The summed E-state index contributed by atoms with van der Waals surface area (Å²) in [6.45, 7) is 3.52. The number of halogens is 3. The van der Waals surface area contributed by atoms with E-state index in [0.29, 0.717) is 31.1 Å². The number of anilines is 1. The fourth-order valence-electron chi connectivity index (χ4n) is 3.69. The summed E-state index contributed by atoms with van der Waals surface area (Å²) in [5.41, 5.74) is 1.66. The molecule has 0 saturated carbocycles. The Morgan fingerprint density at radius 1 is 1.21 bits per heavy atom. The van der Waals surface area contributed by atoms with Crippen LogP contribution in [0.15, 0.2) is 18.3 Å². The van der Waals surface area contributed by atoms with Crippen LogP contribution in [-0.2, 0) is 12.7 Å². The van der Waals surface area contributed by atoms with Gasteiger partial charge in [0.15, 0.2) is 0 Å². The van der Waals surface area contributed by atoms with Gasteiger partial charge in [-0.2, -0.15) is 27.8 Å². The van der Waals surface area contributed by atoms with Crippen molar-refractivity contribution >= 4 is 11.6 Å². The maximum absolute atomic E-state index is 13.0. The zero-order chi connectivity index (χ0) is 19.9. The summed E-state index contributed by atoms with van der Waals surface area (Å²) >= 11 is 0. The van der Waals surface area contributed by atoms with Gasteiger partial charge in [-0.25, -0.2) is 4.98 Å². The molecule has 11 heteroatoms. The Hall–Kier alpha value is -2.69. The highest BCUT2D eigenvalue weighted by molar-refractivity contribution is 5.48. The minimum Gasteiger partial charge on any atom is -0.394 e. The van der Waals surface area contributed by atoms with Gasteiger partial charge in [0.2, 0.25) is 0 Å². The molecule has 1 aliphatic heterocycles. The van der Waals surface area contributed by atoms with Gasteiger partial charge in [-0.1, -0.05) is 0 Å². The van der Waals surface area contributed by atoms with Crippen LogP contribution in [-0.4, -0.2) is 54.2 Å². The maximum Gasteiger partial charge on any atom is 0.453 e. The first-order valence-corrected chi connectivity index (χ1v) is 9.06. The summed E-state index contributed by atoms with van der Waals surface area (Å²) in [5.74, 6) is -0.391. The van der Waals surface area contributed by atoms with Crippen LogP contribution in [0.1, 0.15) is 36.0 Å². The van der Waals surface area contributed by atoms with Crippen molar-refractivity contribution in [2.75, 3.05) is 24.6 Å². The Balaban J connectivity index is 1.58. The standard InChI is InChI=1S/C17H20F3N7O/c1-11-10-14(27-16(22-11)23-15(24-27)17(18,19)20)25-6-3-12(4-7-25)13-2-5-21-26(13)8-9-28/h2,5,10,12,28H,3-4,6-9H2,1H3. The third-order valence-corrected chi connectivity index (χ3v) is 4.97. The molecule has 3 aromatic rings. The quantitative estimate of drug-likeness (QED) is 0.728. The van der Waals surface area contributed by atoms with Crippen LogP contribution >= 0.6 is 0 Å². The summed E-state index contributed by atoms with van der Waals surface area (Å²) < 4.78 is 42.0. The molecular formula is C17H20F3N7O. The highest BCUT2D eigenvalue weighted by atomic mass is 19.4. The van der Waals surface area contributed by atoms with E-state index < -0.39 is 12.0 Å². The lowest BCUT2D eigenvalue weighted by Crippen LogP contribution is -2.35. The average Bonchev–Trinajstić information content (AvgIpc) is 3.28. The number of fused-ring (bicyclic) bond motifs is 1. The van der Waals surface area contributed by atoms with Gasteiger partial charge < -0.3 is 10.0 Å². The molecule has 1 saturated heterocycles. The van der Waals surface area contributed by atoms with E-state index >= 15 is 0 Å². The highest BCUT2D eigenvalue weighted by Gasteiger charge is 2.37. The molecule has 1 N–H and O–H groups in total. The predicted molar refractivity (Wildman–Crippen MR) is 94.0 cm³/mol. The molecule has 0 atom stereocenters. The minimum atomic E-state index is -4.61. The molecule has 1 fully saturated rings. The average molecular weight is 395 g/mol. The van der Waals surface area contributed by atoms with Gasteiger partial charge >= 0.3 is 6.18 Å². The van der Waals surface area contributed by atoms with Crippen LogP contribution in [0.4, 0.5) is 19.0 Å². The molecule has 3 aromatic heterocycles. The Bertz CT molecular complexity index is 973. The summed E-state index contributed by atoms with van der Waals surface area (Å²) in [7, 11) is 0. The van der Waals surface area contributed by atoms with Crippen LogP contribution in [0.25, 0.3) is 5.78 Å². The first kappa shape index (κ1) is 18.7. The van der Waals surface area contributed by atoms with Crippen LogP contribution in [0.2, 0.25) is 0 Å². The number of aliphatic hydroxyl groups excluding tert-OH is 1. The molecule has 4 rings (SSSR count). The Kier molecular flexibility index (Phi) is 4.69. The molecule has 8 nitrogen and oxygen atoms in total. The number of alkyl halides is 3. The second kappa shape index (κ2) is 7.04. The molecular weight excluding hydrogens is 375 g/mol. The minimum absolute atomic E-state index is 0.0234. The zero-order valence-corrected chi connectivity index (χ0v) is 15.3. The van der Waals surface area contributed by atoms with Crippen molar-refractivity contribution in [2.45, 2.75) is 38.4 Å². The fourth-order valence-corrected chi connectivity index (χ4v) is 3.69. The van der Waals surface area contributed by atoms with Gasteiger partial charge in [-0.05, 0) is 25.8 Å². The molecule has 0 bridgehead atoms. The summed E-state index contributed by atoms with van der Waals surface area (Å²) in [6, 6.07) is 3.69. The van der Waals surface area contributed by atoms with Gasteiger partial charge in [0, 0.05) is 42.7 Å². The van der Waals surface area contributed by atoms with Crippen LogP contribution in [0, 0.1) is 6.92 Å². The third kappa shape index (κ3) is 3.41. The van der Waals surface area contributed by atoms with E-state index in [1.54, 1.807) is 19.2 Å². The monoisotopic (exact) mass is 395 g/mol. The largest absolute Gasteiger partial charge is 0.453 e. The van der Waals surface area contributed by atoms with E-state index in [9.17, 15) is 13.2 Å². The van der Waals surface area contributed by atoms with Crippen LogP contribution in [0.5, 0.6) is 0 Å². The first-order chi connectivity index (χ1) is 13.4. The Labute approximate surface area is 158 Å². The predicted octanol–water partition coefficient (Wildman–Crippen LogP) is 2.02. The molecule has 1 aliphatic rings. The molecule has 0 aliphatic carbocycles. The normalized spacial score (nSPS) is 16.2. The summed E-state index contributed by atoms with van der Waals surface area (Å²) in [4.78, 5) is 9.64. The molecule has 0 aromatic carbocycles. The smallest absolute Gasteiger partial charge is 0.394 e. The number of aromatic nitrogens is 6. The highest BCUT2D eigenvalue weighted by Crippen LogP contribution is 2.32. The van der Waals surface area contributed by atoms with Crippen molar-refractivity contribution in [3.63, 3.8) is 0 Å². The third-order valence-electron chi connectivity index (χ3n) is 4.97. The second-order valence-electron chi connectivity index (χ2n) is 6.86. The summed E-state index contributed by atoms with van der Waals surface area (Å²) in [5, 5.41) is 17.1. The van der Waals surface area contributed by atoms with Crippen molar-refractivity contribution in [3.05, 3.63) is 35.5 Å². The number of aliphatic hydroxyl groups is 1. The maximum atomic E-state index is 13.0. The van der Waals surface area contributed by atoms with Crippen LogP contribution in [0.3, 0.4) is 0 Å². The van der Waals surface area contributed by atoms with Gasteiger partial charge in [0.05, 0.1) is 13.2 Å². The van der Waals surface area contributed by atoms with E-state index in [4.69, 9.17) is 5.11 Å². The Morgan fingerprint density at radius 3 is 2.64 bits per heavy atom. The first-order valence-electron chi connectivity index (χ1n) is 9.06. The van der Waals surface area contributed by atoms with E-state index in [1.807, 2.05) is 15.6 Å². The van der Waals surface area contributed by atoms with E-state index in [2.05, 4.69) is 20.2 Å². The molecule has 0 spiro atoms. The second-order valence-corrected chi connectivity index (χ2v) is 6.86. The van der Waals surface area contributed by atoms with E-state index in [0.717, 1.165) is 18.5 Å². The fraction of sp³-hybridized carbons (Fsp3) is 0.529. The van der Waals surface area contributed by atoms with E-state index in [1.165, 1.54) is 4.52 Å². The lowest BCUT2D eigenvalue weighted by atomic mass is 9.93. The number of aryl methyl sites for hydroxylation is 1. The molecule has 0 radical (unpaired) electrons. The van der Waals surface area contributed by atoms with Crippen molar-refractivity contribution in [2.24, 2.45) is 0 Å². The Morgan fingerprint density at radius 2 is 1.96 bits per heavy atom. The molecule has 150 valence electrons. The zero-order valence-electron chi connectivity index (χ0n) is 15.3. The van der Waals surface area contributed by atoms with Gasteiger partial charge in [-0.15, -0.1) is 5.10 Å².